The summed E-state index contributed by atoms with van der Waals surface area (Å²) in [5.41, 5.74) is -0.369. The number of nitriles is 1. The van der Waals surface area contributed by atoms with Gasteiger partial charge in [0.25, 0.3) is 0 Å². The highest BCUT2D eigenvalue weighted by atomic mass is 16.5. The van der Waals surface area contributed by atoms with Gasteiger partial charge in [0.2, 0.25) is 0 Å². The van der Waals surface area contributed by atoms with Crippen LogP contribution in [0.15, 0.2) is 0 Å². The molecule has 0 aliphatic carbocycles. The first-order valence-corrected chi connectivity index (χ1v) is 7.63. The van der Waals surface area contributed by atoms with E-state index < -0.39 is 0 Å². The van der Waals surface area contributed by atoms with Crippen molar-refractivity contribution in [2.75, 3.05) is 32.8 Å². The standard InChI is InChI=1S/C15H29N3O/c1-4-8-17-15(3,13-16)7-6-9-18-10-11-19-14(5-2)12-18/h14,17H,4-12H2,1-3H3. The molecule has 0 bridgehead atoms. The molecule has 110 valence electrons. The van der Waals surface area contributed by atoms with E-state index in [-0.39, 0.29) is 5.54 Å². The van der Waals surface area contributed by atoms with Crippen molar-refractivity contribution in [1.82, 2.24) is 10.2 Å². The van der Waals surface area contributed by atoms with Crippen LogP contribution in [0.5, 0.6) is 0 Å². The molecular weight excluding hydrogens is 238 g/mol. The summed E-state index contributed by atoms with van der Waals surface area (Å²) >= 11 is 0. The first-order valence-electron chi connectivity index (χ1n) is 7.63. The van der Waals surface area contributed by atoms with E-state index in [9.17, 15) is 5.26 Å². The van der Waals surface area contributed by atoms with Crippen LogP contribution in [-0.2, 0) is 4.74 Å². The van der Waals surface area contributed by atoms with Crippen molar-refractivity contribution in [3.05, 3.63) is 0 Å². The molecule has 0 saturated carbocycles. The lowest BCUT2D eigenvalue weighted by molar-refractivity contribution is -0.0302. The van der Waals surface area contributed by atoms with Gasteiger partial charge in [0.15, 0.2) is 0 Å². The van der Waals surface area contributed by atoms with Gasteiger partial charge in [-0.05, 0) is 45.7 Å². The fourth-order valence-corrected chi connectivity index (χ4v) is 2.47. The second-order valence-corrected chi connectivity index (χ2v) is 5.68. The van der Waals surface area contributed by atoms with Crippen LogP contribution in [0.1, 0.15) is 46.5 Å². The van der Waals surface area contributed by atoms with Gasteiger partial charge in [0, 0.05) is 13.1 Å². The minimum Gasteiger partial charge on any atom is -0.376 e. The number of nitrogens with zero attached hydrogens (tertiary/aromatic N) is 2. The normalized spacial score (nSPS) is 23.8. The average molecular weight is 267 g/mol. The maximum absolute atomic E-state index is 9.28. The molecule has 2 atom stereocenters. The molecule has 0 aromatic heterocycles. The Morgan fingerprint density at radius 3 is 2.89 bits per heavy atom. The van der Waals surface area contributed by atoms with Crippen LogP contribution < -0.4 is 5.32 Å². The summed E-state index contributed by atoms with van der Waals surface area (Å²) < 4.78 is 5.67. The second-order valence-electron chi connectivity index (χ2n) is 5.68. The Kier molecular flexibility index (Phi) is 7.37. The molecule has 1 heterocycles. The second kappa shape index (κ2) is 8.52. The fraction of sp³-hybridized carbons (Fsp3) is 0.933. The van der Waals surface area contributed by atoms with Gasteiger partial charge in [0.05, 0.1) is 18.8 Å². The largest absolute Gasteiger partial charge is 0.376 e. The van der Waals surface area contributed by atoms with Gasteiger partial charge in [-0.15, -0.1) is 0 Å². The monoisotopic (exact) mass is 267 g/mol. The van der Waals surface area contributed by atoms with Crippen molar-refractivity contribution in [2.24, 2.45) is 0 Å². The molecule has 0 aromatic carbocycles. The molecule has 4 nitrogen and oxygen atoms in total. The van der Waals surface area contributed by atoms with Gasteiger partial charge < -0.3 is 4.74 Å². The molecule has 1 N–H and O–H groups in total. The summed E-state index contributed by atoms with van der Waals surface area (Å²) in [6, 6.07) is 2.42. The average Bonchev–Trinajstić information content (AvgIpc) is 2.45. The Bertz CT molecular complexity index is 290. The van der Waals surface area contributed by atoms with Crippen molar-refractivity contribution in [2.45, 2.75) is 58.1 Å². The molecule has 4 heteroatoms. The highest BCUT2D eigenvalue weighted by Crippen LogP contribution is 2.14. The highest BCUT2D eigenvalue weighted by molar-refractivity contribution is 5.03. The smallest absolute Gasteiger partial charge is 0.103 e. The lowest BCUT2D eigenvalue weighted by atomic mass is 9.97. The van der Waals surface area contributed by atoms with Crippen LogP contribution >= 0.6 is 0 Å². The van der Waals surface area contributed by atoms with Crippen LogP contribution in [0.25, 0.3) is 0 Å². The SMILES string of the molecule is CCCNC(C)(C#N)CCCN1CCOC(CC)C1. The summed E-state index contributed by atoms with van der Waals surface area (Å²) in [7, 11) is 0. The van der Waals surface area contributed by atoms with Crippen molar-refractivity contribution >= 4 is 0 Å². The van der Waals surface area contributed by atoms with Gasteiger partial charge in [-0.2, -0.15) is 5.26 Å². The Balaban J connectivity index is 2.26. The van der Waals surface area contributed by atoms with Gasteiger partial charge in [-0.3, -0.25) is 10.2 Å². The van der Waals surface area contributed by atoms with Gasteiger partial charge >= 0.3 is 0 Å². The summed E-state index contributed by atoms with van der Waals surface area (Å²) in [5, 5.41) is 12.6. The van der Waals surface area contributed by atoms with E-state index in [1.165, 1.54) is 0 Å². The van der Waals surface area contributed by atoms with E-state index in [1.54, 1.807) is 0 Å². The molecular formula is C15H29N3O. The Labute approximate surface area is 118 Å². The van der Waals surface area contributed by atoms with Crippen molar-refractivity contribution < 1.29 is 4.74 Å². The van der Waals surface area contributed by atoms with Crippen LogP contribution in [0, 0.1) is 11.3 Å². The van der Waals surface area contributed by atoms with Gasteiger partial charge in [-0.1, -0.05) is 13.8 Å². The van der Waals surface area contributed by atoms with Crippen LogP contribution in [0.4, 0.5) is 0 Å². The molecule has 0 aromatic rings. The summed E-state index contributed by atoms with van der Waals surface area (Å²) in [5.74, 6) is 0. The topological polar surface area (TPSA) is 48.3 Å². The molecule has 0 amide bonds. The fourth-order valence-electron chi connectivity index (χ4n) is 2.47. The van der Waals surface area contributed by atoms with E-state index in [0.29, 0.717) is 6.10 Å². The number of hydrogen-bond acceptors (Lipinski definition) is 4. The predicted octanol–water partition coefficient (Wildman–Crippen LogP) is 2.16. The van der Waals surface area contributed by atoms with Crippen molar-refractivity contribution in [3.63, 3.8) is 0 Å². The first kappa shape index (κ1) is 16.4. The predicted molar refractivity (Wildman–Crippen MR) is 78.0 cm³/mol. The quantitative estimate of drug-likeness (QED) is 0.732. The molecule has 1 saturated heterocycles. The Morgan fingerprint density at radius 2 is 2.26 bits per heavy atom. The first-order chi connectivity index (χ1) is 9.13. The molecule has 1 aliphatic heterocycles. The number of morpholine rings is 1. The highest BCUT2D eigenvalue weighted by Gasteiger charge is 2.23. The molecule has 1 fully saturated rings. The Hall–Kier alpha value is -0.630. The summed E-state index contributed by atoms with van der Waals surface area (Å²) in [6.07, 6.45) is 4.53. The number of ether oxygens (including phenoxy) is 1. The van der Waals surface area contributed by atoms with Crippen LogP contribution in [0.2, 0.25) is 0 Å². The molecule has 1 rings (SSSR count). The third-order valence-corrected chi connectivity index (χ3v) is 3.84. The van der Waals surface area contributed by atoms with E-state index in [2.05, 4.69) is 30.1 Å². The van der Waals surface area contributed by atoms with E-state index >= 15 is 0 Å². The zero-order valence-electron chi connectivity index (χ0n) is 12.7. The number of nitrogens with one attached hydrogen (secondary N) is 1. The number of hydrogen-bond donors (Lipinski definition) is 1. The van der Waals surface area contributed by atoms with Gasteiger partial charge in [-0.25, -0.2) is 0 Å². The summed E-state index contributed by atoms with van der Waals surface area (Å²) in [6.45, 7) is 11.2. The van der Waals surface area contributed by atoms with Gasteiger partial charge in [0.1, 0.15) is 5.54 Å². The van der Waals surface area contributed by atoms with E-state index in [4.69, 9.17) is 4.74 Å². The lowest BCUT2D eigenvalue weighted by Gasteiger charge is -2.33. The Morgan fingerprint density at radius 1 is 1.47 bits per heavy atom. The zero-order chi connectivity index (χ0) is 14.1. The molecule has 2 unspecified atom stereocenters. The maximum Gasteiger partial charge on any atom is 0.103 e. The lowest BCUT2D eigenvalue weighted by Crippen LogP contribution is -2.44. The maximum atomic E-state index is 9.28. The minimum absolute atomic E-state index is 0.369. The van der Waals surface area contributed by atoms with E-state index in [0.717, 1.165) is 58.5 Å². The third kappa shape index (κ3) is 5.90. The van der Waals surface area contributed by atoms with Crippen LogP contribution in [0.3, 0.4) is 0 Å². The van der Waals surface area contributed by atoms with Crippen LogP contribution in [-0.4, -0.2) is 49.3 Å². The van der Waals surface area contributed by atoms with E-state index in [1.807, 2.05) is 6.92 Å². The third-order valence-electron chi connectivity index (χ3n) is 3.84. The molecule has 1 aliphatic rings. The molecule has 0 spiro atoms. The molecule has 0 radical (unpaired) electrons. The number of rotatable bonds is 8. The summed E-state index contributed by atoms with van der Waals surface area (Å²) in [4.78, 5) is 2.47. The van der Waals surface area contributed by atoms with Crippen molar-refractivity contribution in [1.29, 1.82) is 5.26 Å². The molecule has 19 heavy (non-hydrogen) atoms. The minimum atomic E-state index is -0.369. The van der Waals surface area contributed by atoms with Crippen molar-refractivity contribution in [3.8, 4) is 6.07 Å². The zero-order valence-corrected chi connectivity index (χ0v) is 12.7.